The van der Waals surface area contributed by atoms with Crippen molar-refractivity contribution in [1.29, 1.82) is 0 Å². The maximum Gasteiger partial charge on any atom is 0.500 e. The van der Waals surface area contributed by atoms with Crippen molar-refractivity contribution in [1.82, 2.24) is 15.3 Å². The molecule has 21 nitrogen and oxygen atoms in total. The zero-order chi connectivity index (χ0) is 46.3. The Balaban J connectivity index is 0.000000267. The van der Waals surface area contributed by atoms with Gasteiger partial charge in [-0.1, -0.05) is 42.5 Å². The second-order valence-electron chi connectivity index (χ2n) is 14.1. The van der Waals surface area contributed by atoms with Gasteiger partial charge in [0.25, 0.3) is 9.84 Å². The molecule has 0 saturated carbocycles. The summed E-state index contributed by atoms with van der Waals surface area (Å²) in [6.07, 6.45) is 5.88. The summed E-state index contributed by atoms with van der Waals surface area (Å²) < 4.78 is 62.0. The molecule has 2 heterocycles. The van der Waals surface area contributed by atoms with Gasteiger partial charge in [-0.3, -0.25) is 9.59 Å². The van der Waals surface area contributed by atoms with Crippen molar-refractivity contribution >= 4 is 49.3 Å². The molecule has 0 spiro atoms. The van der Waals surface area contributed by atoms with Crippen LogP contribution in [0.3, 0.4) is 0 Å². The average molecular weight is 903 g/mol. The van der Waals surface area contributed by atoms with Gasteiger partial charge < -0.3 is 55.3 Å². The van der Waals surface area contributed by atoms with Crippen molar-refractivity contribution in [2.24, 2.45) is 16.5 Å². The van der Waals surface area contributed by atoms with E-state index in [9.17, 15) is 36.0 Å². The van der Waals surface area contributed by atoms with Crippen LogP contribution in [0.1, 0.15) is 43.9 Å². The number of aliphatic carboxylic acids is 3. The number of H-pyrrole nitrogens is 1. The first-order valence-corrected chi connectivity index (χ1v) is 21.0. The minimum atomic E-state index is -4.42. The van der Waals surface area contributed by atoms with Gasteiger partial charge >= 0.3 is 34.4 Å². The summed E-state index contributed by atoms with van der Waals surface area (Å²) in [4.78, 5) is 54.2. The number of phenols is 1. The summed E-state index contributed by atoms with van der Waals surface area (Å²) in [6, 6.07) is 14.3. The summed E-state index contributed by atoms with van der Waals surface area (Å²) in [7, 11) is -7.90. The number of carbonyl (C=O) groups is 4. The molecular formula is C39H46N6O15S2. The number of carboxylic acids is 3. The number of nitrogens with two attached hydrogens (primary N) is 2. The van der Waals surface area contributed by atoms with Gasteiger partial charge in [0.05, 0.1) is 0 Å². The van der Waals surface area contributed by atoms with E-state index in [4.69, 9.17) is 45.0 Å². The number of imidazole rings is 1. The molecule has 3 aromatic carbocycles. The Morgan fingerprint density at radius 2 is 1.23 bits per heavy atom. The minimum Gasteiger partial charge on any atom is -0.508 e. The van der Waals surface area contributed by atoms with Crippen molar-refractivity contribution in [3.8, 4) is 17.2 Å². The quantitative estimate of drug-likeness (QED) is 0.0850. The number of carbonyl (C=O) groups excluding carboxylic acids is 1. The van der Waals surface area contributed by atoms with E-state index in [0.29, 0.717) is 23.1 Å². The molecule has 0 fully saturated rings. The number of allylic oxidation sites excluding steroid dienone is 1. The number of alkyl carbamates (subject to hydrolysis) is 1. The summed E-state index contributed by atoms with van der Waals surface area (Å²) in [6.45, 7) is 5.09. The van der Waals surface area contributed by atoms with E-state index in [-0.39, 0.29) is 46.7 Å². The van der Waals surface area contributed by atoms with E-state index >= 15 is 0 Å². The molecule has 0 aliphatic carbocycles. The van der Waals surface area contributed by atoms with Crippen LogP contribution in [0.5, 0.6) is 17.2 Å². The molecule has 0 bridgehead atoms. The van der Waals surface area contributed by atoms with Crippen molar-refractivity contribution in [3.05, 3.63) is 114 Å². The highest BCUT2D eigenvalue weighted by Gasteiger charge is 2.26. The zero-order valence-electron chi connectivity index (χ0n) is 33.4. The predicted molar refractivity (Wildman–Crippen MR) is 221 cm³/mol. The Bertz CT molecular complexity index is 2340. The van der Waals surface area contributed by atoms with Crippen molar-refractivity contribution in [2.75, 3.05) is 0 Å². The summed E-state index contributed by atoms with van der Waals surface area (Å²) >= 11 is 0. The monoisotopic (exact) mass is 902 g/mol. The fourth-order valence-electron chi connectivity index (χ4n) is 4.85. The molecule has 0 radical (unpaired) electrons. The predicted octanol–water partition coefficient (Wildman–Crippen LogP) is 2.71. The number of hydrogen-bond acceptors (Lipinski definition) is 16. The summed E-state index contributed by atoms with van der Waals surface area (Å²) in [5.74, 6) is -3.39. The molecule has 5 rings (SSSR count). The standard InChI is InChI=1S/C18H20N2O8S.C14H19NO5.C7H7N3O2S/c19-15(17(21)22)9-11-1-5-13(6-2-11)27-29(25,26)28-14-7-3-12(4-8-14)10-16(20)18(23)24;1-14(2,3)20-13(19)15-11(12(17)18)8-9-4-6-10(16)7-5-9;11-13(12,6-2-1-3-8-6)7-9-4-5-10-7/h1-8,15-16H,9-10,19-20H2,(H,21,22)(H,23,24);4-7,11,16H,8H2,1-3H3,(H,15,19)(H,17,18);1,3-5H,2H2,(H,9,10)/t15-,16-;11-;/m00./s1. The lowest BCUT2D eigenvalue weighted by Gasteiger charge is -2.22. The van der Waals surface area contributed by atoms with Crippen LogP contribution in [0.25, 0.3) is 0 Å². The van der Waals surface area contributed by atoms with Crippen LogP contribution in [-0.4, -0.2) is 100 Å². The van der Waals surface area contributed by atoms with E-state index in [0.717, 1.165) is 0 Å². The number of carboxylic acid groups (broad SMARTS) is 3. The lowest BCUT2D eigenvalue weighted by atomic mass is 10.1. The molecule has 0 unspecified atom stereocenters. The van der Waals surface area contributed by atoms with Gasteiger partial charge in [-0.2, -0.15) is 0 Å². The van der Waals surface area contributed by atoms with E-state index in [1.807, 2.05) is 0 Å². The van der Waals surface area contributed by atoms with Gasteiger partial charge in [-0.15, -0.1) is 8.42 Å². The van der Waals surface area contributed by atoms with Gasteiger partial charge in [0, 0.05) is 31.4 Å². The van der Waals surface area contributed by atoms with Crippen LogP contribution in [0.15, 0.2) is 108 Å². The number of ether oxygens (including phenoxy) is 1. The fraction of sp³-hybridized carbons (Fsp3) is 0.282. The number of benzene rings is 3. The summed E-state index contributed by atoms with van der Waals surface area (Å²) in [5.41, 5.74) is 12.1. The first-order valence-electron chi connectivity index (χ1n) is 18.2. The van der Waals surface area contributed by atoms with Crippen molar-refractivity contribution in [3.63, 3.8) is 0 Å². The highest BCUT2D eigenvalue weighted by atomic mass is 32.3. The van der Waals surface area contributed by atoms with E-state index < -0.39 is 68.0 Å². The number of hydrogen-bond donors (Lipinski definition) is 8. The number of sulfone groups is 1. The number of aromatic hydroxyl groups is 1. The van der Waals surface area contributed by atoms with Gasteiger partial charge in [-0.05, 0) is 86.7 Å². The fourth-order valence-corrected chi connectivity index (χ4v) is 6.73. The van der Waals surface area contributed by atoms with Crippen molar-refractivity contribution < 1.29 is 69.5 Å². The first-order chi connectivity index (χ1) is 28.9. The lowest BCUT2D eigenvalue weighted by Crippen LogP contribution is -2.44. The van der Waals surface area contributed by atoms with Gasteiger partial charge in [0.1, 0.15) is 46.0 Å². The third kappa shape index (κ3) is 17.0. The molecule has 0 saturated heterocycles. The molecule has 10 N–H and O–H groups in total. The number of amides is 1. The number of aromatic amines is 1. The van der Waals surface area contributed by atoms with Gasteiger partial charge in [0.15, 0.2) is 0 Å². The SMILES string of the molecule is CC(C)(C)OC(=O)N[C@@H](Cc1ccc(O)cc1)C(=O)O.N[C@@H](Cc1ccc(OS(=O)(=O)Oc2ccc(C[C@H](N)C(=O)O)cc2)cc1)C(=O)O.O=S(=O)(C1=NC=CC1)c1ncc[nH]1. The maximum atomic E-state index is 12.0. The van der Waals surface area contributed by atoms with Gasteiger partial charge in [-0.25, -0.2) is 28.0 Å². The Labute approximate surface area is 356 Å². The molecule has 3 atom stereocenters. The topological polar surface area (TPSA) is 350 Å². The second-order valence-corrected chi connectivity index (χ2v) is 17.1. The maximum absolute atomic E-state index is 12.0. The van der Waals surface area contributed by atoms with Crippen LogP contribution in [0.4, 0.5) is 4.79 Å². The van der Waals surface area contributed by atoms with Crippen molar-refractivity contribution in [2.45, 2.75) is 75.3 Å². The molecule has 4 aromatic rings. The smallest absolute Gasteiger partial charge is 0.500 e. The third-order valence-electron chi connectivity index (χ3n) is 7.81. The second kappa shape index (κ2) is 22.1. The molecule has 23 heteroatoms. The van der Waals surface area contributed by atoms with Gasteiger partial charge in [0.2, 0.25) is 5.16 Å². The average Bonchev–Trinajstić information content (AvgIpc) is 3.94. The molecular weight excluding hydrogens is 857 g/mol. The zero-order valence-corrected chi connectivity index (χ0v) is 35.1. The van der Waals surface area contributed by atoms with Crippen LogP contribution in [-0.2, 0) is 58.6 Å². The number of aliphatic imine (C=N–C) groups is 1. The Morgan fingerprint density at radius 1 is 0.758 bits per heavy atom. The number of nitrogens with one attached hydrogen (secondary N) is 2. The molecule has 1 amide bonds. The lowest BCUT2D eigenvalue weighted by molar-refractivity contribution is -0.140. The van der Waals surface area contributed by atoms with Crippen LogP contribution >= 0.6 is 0 Å². The molecule has 334 valence electrons. The number of phenolic OH excluding ortho intramolecular Hbond substituents is 1. The Hall–Kier alpha value is -6.82. The highest BCUT2D eigenvalue weighted by Crippen LogP contribution is 2.20. The van der Waals surface area contributed by atoms with E-state index in [1.54, 1.807) is 39.0 Å². The normalized spacial score (nSPS) is 13.7. The van der Waals surface area contributed by atoms with Crippen LogP contribution < -0.4 is 25.2 Å². The van der Waals surface area contributed by atoms with E-state index in [2.05, 4.69) is 20.3 Å². The Kier molecular flexibility index (Phi) is 17.7. The van der Waals surface area contributed by atoms with Crippen LogP contribution in [0.2, 0.25) is 0 Å². The minimum absolute atomic E-state index is 0.0262. The first kappa shape index (κ1) is 49.5. The summed E-state index contributed by atoms with van der Waals surface area (Å²) in [5, 5.41) is 38.3. The molecule has 62 heavy (non-hydrogen) atoms. The number of nitrogens with zero attached hydrogens (tertiary/aromatic N) is 2. The number of aromatic nitrogens is 2. The molecule has 1 aliphatic heterocycles. The third-order valence-corrected chi connectivity index (χ3v) is 10.2. The molecule has 1 aliphatic rings. The molecule has 1 aromatic heterocycles. The number of rotatable bonds is 15. The highest BCUT2D eigenvalue weighted by molar-refractivity contribution is 8.06. The van der Waals surface area contributed by atoms with E-state index in [1.165, 1.54) is 79.3 Å². The largest absolute Gasteiger partial charge is 0.508 e. The van der Waals surface area contributed by atoms with Crippen LogP contribution in [0, 0.1) is 0 Å². The Morgan fingerprint density at radius 3 is 1.61 bits per heavy atom.